The molecule has 2 rings (SSSR count). The van der Waals surface area contributed by atoms with Gasteiger partial charge < -0.3 is 19.7 Å². The zero-order chi connectivity index (χ0) is 16.3. The van der Waals surface area contributed by atoms with Gasteiger partial charge in [-0.2, -0.15) is 0 Å². The van der Waals surface area contributed by atoms with Gasteiger partial charge in [0.05, 0.1) is 26.4 Å². The van der Waals surface area contributed by atoms with Gasteiger partial charge in [0.1, 0.15) is 0 Å². The number of nitrogens with one attached hydrogen (secondary N) is 1. The lowest BCUT2D eigenvalue weighted by Crippen LogP contribution is -2.40. The lowest BCUT2D eigenvalue weighted by molar-refractivity contribution is 0.0747. The number of hydrogen-bond donors (Lipinski definition) is 1. The van der Waals surface area contributed by atoms with Gasteiger partial charge in [-0.1, -0.05) is 30.3 Å². The Morgan fingerprint density at radius 1 is 1.25 bits per heavy atom. The second-order valence-electron chi connectivity index (χ2n) is 5.68. The SMILES string of the molecule is CCNC(=NCCOCCOC)N1CCC(c2ccccc2)C1.I. The maximum absolute atomic E-state index is 5.48. The molecule has 24 heavy (non-hydrogen) atoms. The Balaban J connectivity index is 0.00000288. The minimum absolute atomic E-state index is 0. The molecule has 6 heteroatoms. The monoisotopic (exact) mass is 447 g/mol. The van der Waals surface area contributed by atoms with Crippen molar-refractivity contribution in [2.24, 2.45) is 4.99 Å². The average molecular weight is 447 g/mol. The Morgan fingerprint density at radius 2 is 2.04 bits per heavy atom. The highest BCUT2D eigenvalue weighted by Gasteiger charge is 2.25. The Morgan fingerprint density at radius 3 is 2.75 bits per heavy atom. The van der Waals surface area contributed by atoms with E-state index < -0.39 is 0 Å². The molecule has 136 valence electrons. The Kier molecular flexibility index (Phi) is 11.0. The van der Waals surface area contributed by atoms with Gasteiger partial charge in [-0.05, 0) is 18.9 Å². The fourth-order valence-corrected chi connectivity index (χ4v) is 2.84. The maximum Gasteiger partial charge on any atom is 0.194 e. The average Bonchev–Trinajstić information content (AvgIpc) is 3.08. The topological polar surface area (TPSA) is 46.1 Å². The molecule has 0 saturated carbocycles. The smallest absolute Gasteiger partial charge is 0.194 e. The Bertz CT molecular complexity index is 471. The zero-order valence-corrected chi connectivity index (χ0v) is 17.1. The number of ether oxygens (including phenoxy) is 2. The molecule has 0 aliphatic carbocycles. The molecule has 0 aromatic heterocycles. The van der Waals surface area contributed by atoms with Gasteiger partial charge in [0.25, 0.3) is 0 Å². The molecule has 1 aliphatic heterocycles. The highest BCUT2D eigenvalue weighted by molar-refractivity contribution is 14.0. The molecule has 1 unspecified atom stereocenters. The summed E-state index contributed by atoms with van der Waals surface area (Å²) >= 11 is 0. The van der Waals surface area contributed by atoms with Gasteiger partial charge in [-0.25, -0.2) is 0 Å². The molecular weight excluding hydrogens is 417 g/mol. The quantitative estimate of drug-likeness (QED) is 0.288. The van der Waals surface area contributed by atoms with E-state index in [0.717, 1.165) is 25.6 Å². The van der Waals surface area contributed by atoms with Gasteiger partial charge in [-0.3, -0.25) is 4.99 Å². The molecule has 1 heterocycles. The molecule has 1 fully saturated rings. The summed E-state index contributed by atoms with van der Waals surface area (Å²) in [6.45, 7) is 7.64. The number of guanidine groups is 1. The van der Waals surface area contributed by atoms with Crippen LogP contribution in [0, 0.1) is 0 Å². The zero-order valence-electron chi connectivity index (χ0n) is 14.7. The third kappa shape index (κ3) is 6.94. The highest BCUT2D eigenvalue weighted by Crippen LogP contribution is 2.26. The third-order valence-corrected chi connectivity index (χ3v) is 4.02. The molecule has 1 atom stereocenters. The van der Waals surface area contributed by atoms with Crippen molar-refractivity contribution in [2.45, 2.75) is 19.3 Å². The molecule has 0 radical (unpaired) electrons. The van der Waals surface area contributed by atoms with Crippen molar-refractivity contribution in [3.8, 4) is 0 Å². The van der Waals surface area contributed by atoms with Crippen molar-refractivity contribution >= 4 is 29.9 Å². The fraction of sp³-hybridized carbons (Fsp3) is 0.611. The van der Waals surface area contributed by atoms with Crippen LogP contribution < -0.4 is 5.32 Å². The fourth-order valence-electron chi connectivity index (χ4n) is 2.84. The summed E-state index contributed by atoms with van der Waals surface area (Å²) in [7, 11) is 1.68. The second kappa shape index (κ2) is 12.5. The molecule has 0 spiro atoms. The van der Waals surface area contributed by atoms with Gasteiger partial charge >= 0.3 is 0 Å². The molecule has 0 bridgehead atoms. The van der Waals surface area contributed by atoms with E-state index in [9.17, 15) is 0 Å². The number of hydrogen-bond acceptors (Lipinski definition) is 3. The molecule has 1 N–H and O–H groups in total. The van der Waals surface area contributed by atoms with Crippen LogP contribution in [0.1, 0.15) is 24.8 Å². The molecule has 0 amide bonds. The molecule has 1 aliphatic rings. The molecular formula is C18H30IN3O2. The normalized spacial score (nSPS) is 17.7. The van der Waals surface area contributed by atoms with Crippen LogP contribution in [-0.2, 0) is 9.47 Å². The van der Waals surface area contributed by atoms with Crippen LogP contribution in [-0.4, -0.2) is 64.0 Å². The molecule has 1 aromatic carbocycles. The second-order valence-corrected chi connectivity index (χ2v) is 5.68. The van der Waals surface area contributed by atoms with E-state index in [2.05, 4.69) is 52.5 Å². The minimum atomic E-state index is 0. The van der Waals surface area contributed by atoms with E-state index in [-0.39, 0.29) is 24.0 Å². The number of rotatable bonds is 8. The lowest BCUT2D eigenvalue weighted by atomic mass is 9.99. The highest BCUT2D eigenvalue weighted by atomic mass is 127. The van der Waals surface area contributed by atoms with Crippen LogP contribution in [0.4, 0.5) is 0 Å². The molecule has 1 aromatic rings. The van der Waals surface area contributed by atoms with E-state index in [1.807, 2.05) is 0 Å². The largest absolute Gasteiger partial charge is 0.382 e. The number of methoxy groups -OCH3 is 1. The first-order valence-electron chi connectivity index (χ1n) is 8.50. The summed E-state index contributed by atoms with van der Waals surface area (Å²) in [6.07, 6.45) is 1.18. The van der Waals surface area contributed by atoms with E-state index >= 15 is 0 Å². The van der Waals surface area contributed by atoms with Crippen molar-refractivity contribution in [3.63, 3.8) is 0 Å². The van der Waals surface area contributed by atoms with E-state index in [1.165, 1.54) is 12.0 Å². The van der Waals surface area contributed by atoms with Crippen LogP contribution in [0.3, 0.4) is 0 Å². The maximum atomic E-state index is 5.48. The first-order chi connectivity index (χ1) is 11.3. The van der Waals surface area contributed by atoms with Gasteiger partial charge in [0.2, 0.25) is 0 Å². The summed E-state index contributed by atoms with van der Waals surface area (Å²) in [5.41, 5.74) is 1.42. The van der Waals surface area contributed by atoms with Crippen LogP contribution >= 0.6 is 24.0 Å². The van der Waals surface area contributed by atoms with Gasteiger partial charge in [0, 0.05) is 32.7 Å². The van der Waals surface area contributed by atoms with E-state index in [0.29, 0.717) is 32.3 Å². The summed E-state index contributed by atoms with van der Waals surface area (Å²) in [6, 6.07) is 10.8. The Hall–Kier alpha value is -0.860. The van der Waals surface area contributed by atoms with Gasteiger partial charge in [0.15, 0.2) is 5.96 Å². The van der Waals surface area contributed by atoms with Crippen LogP contribution in [0.2, 0.25) is 0 Å². The first-order valence-corrected chi connectivity index (χ1v) is 8.50. The standard InChI is InChI=1S/C18H29N3O2.HI/c1-3-19-18(20-10-12-23-14-13-22-2)21-11-9-17(15-21)16-7-5-4-6-8-16;/h4-8,17H,3,9-15H2,1-2H3,(H,19,20);1H. The predicted octanol–water partition coefficient (Wildman–Crippen LogP) is 2.72. The summed E-state index contributed by atoms with van der Waals surface area (Å²) in [4.78, 5) is 7.04. The van der Waals surface area contributed by atoms with E-state index in [4.69, 9.17) is 9.47 Å². The third-order valence-electron chi connectivity index (χ3n) is 4.02. The van der Waals surface area contributed by atoms with Crippen molar-refractivity contribution in [3.05, 3.63) is 35.9 Å². The number of halogens is 1. The number of benzene rings is 1. The number of likely N-dealkylation sites (tertiary alicyclic amines) is 1. The van der Waals surface area contributed by atoms with Crippen molar-refractivity contribution in [1.82, 2.24) is 10.2 Å². The number of nitrogens with zero attached hydrogens (tertiary/aromatic N) is 2. The predicted molar refractivity (Wildman–Crippen MR) is 109 cm³/mol. The van der Waals surface area contributed by atoms with Crippen LogP contribution in [0.5, 0.6) is 0 Å². The summed E-state index contributed by atoms with van der Waals surface area (Å²) < 4.78 is 10.4. The minimum Gasteiger partial charge on any atom is -0.382 e. The molecule has 1 saturated heterocycles. The van der Waals surface area contributed by atoms with Crippen molar-refractivity contribution in [1.29, 1.82) is 0 Å². The van der Waals surface area contributed by atoms with Crippen LogP contribution in [0.15, 0.2) is 35.3 Å². The van der Waals surface area contributed by atoms with E-state index in [1.54, 1.807) is 7.11 Å². The summed E-state index contributed by atoms with van der Waals surface area (Å²) in [5, 5.41) is 3.39. The van der Waals surface area contributed by atoms with Crippen molar-refractivity contribution in [2.75, 3.05) is 53.1 Å². The number of aliphatic imine (C=N–C) groups is 1. The Labute approximate surface area is 162 Å². The first kappa shape index (κ1) is 21.2. The van der Waals surface area contributed by atoms with Crippen LogP contribution in [0.25, 0.3) is 0 Å². The van der Waals surface area contributed by atoms with Gasteiger partial charge in [-0.15, -0.1) is 24.0 Å². The molecule has 5 nitrogen and oxygen atoms in total. The lowest BCUT2D eigenvalue weighted by Gasteiger charge is -2.21. The summed E-state index contributed by atoms with van der Waals surface area (Å²) in [5.74, 6) is 1.60. The van der Waals surface area contributed by atoms with Crippen molar-refractivity contribution < 1.29 is 9.47 Å².